The van der Waals surface area contributed by atoms with Crippen LogP contribution in [0.4, 0.5) is 0 Å². The topological polar surface area (TPSA) is 506 Å². The highest BCUT2D eigenvalue weighted by molar-refractivity contribution is 5.97. The minimum atomic E-state index is -1.66. The molecule has 28 heteroatoms. The Labute approximate surface area is 434 Å². The van der Waals surface area contributed by atoms with Crippen LogP contribution in [0.1, 0.15) is 126 Å². The molecule has 424 valence electrons. The van der Waals surface area contributed by atoms with E-state index in [-0.39, 0.29) is 120 Å². The molecule has 0 aromatic carbocycles. The van der Waals surface area contributed by atoms with Gasteiger partial charge in [0.25, 0.3) is 0 Å². The maximum atomic E-state index is 14.3. The number of aliphatic carboxylic acids is 1. The van der Waals surface area contributed by atoms with Gasteiger partial charge in [0.2, 0.25) is 41.4 Å². The van der Waals surface area contributed by atoms with Crippen LogP contribution in [0.5, 0.6) is 0 Å². The number of nitrogens with one attached hydrogen (secondary N) is 7. The van der Waals surface area contributed by atoms with E-state index in [2.05, 4.69) is 52.2 Å². The molecule has 0 unspecified atom stereocenters. The highest BCUT2D eigenvalue weighted by Gasteiger charge is 2.36. The van der Waals surface area contributed by atoms with Crippen molar-refractivity contribution in [1.82, 2.24) is 37.2 Å². The first-order valence-corrected chi connectivity index (χ1v) is 25.2. The lowest BCUT2D eigenvalue weighted by atomic mass is 9.99. The van der Waals surface area contributed by atoms with Crippen molar-refractivity contribution in [3.05, 3.63) is 0 Å². The number of rotatable bonds is 38. The summed E-state index contributed by atoms with van der Waals surface area (Å²) in [7, 11) is 0. The number of hydrogen-bond donors (Lipinski definition) is 17. The van der Waals surface area contributed by atoms with Gasteiger partial charge in [-0.3, -0.25) is 48.5 Å². The molecule has 74 heavy (non-hydrogen) atoms. The third-order valence-electron chi connectivity index (χ3n) is 11.1. The molecule has 0 aromatic heterocycles. The van der Waals surface area contributed by atoms with Crippen LogP contribution < -0.4 is 83.1 Å². The van der Waals surface area contributed by atoms with Crippen molar-refractivity contribution >= 4 is 65.2 Å². The summed E-state index contributed by atoms with van der Waals surface area (Å²) in [6.45, 7) is 12.6. The van der Waals surface area contributed by atoms with E-state index in [4.69, 9.17) is 45.9 Å². The van der Waals surface area contributed by atoms with Crippen molar-refractivity contribution in [2.24, 2.45) is 78.6 Å². The molecular formula is C46H90N18O10. The average Bonchev–Trinajstić information content (AvgIpc) is 3.29. The molecule has 25 N–H and O–H groups in total. The van der Waals surface area contributed by atoms with Crippen LogP contribution in [0.3, 0.4) is 0 Å². The van der Waals surface area contributed by atoms with E-state index >= 15 is 0 Å². The molecule has 0 aliphatic rings. The molecule has 0 bridgehead atoms. The molecule has 0 spiro atoms. The first-order chi connectivity index (χ1) is 34.6. The van der Waals surface area contributed by atoms with Crippen LogP contribution in [0.2, 0.25) is 0 Å². The van der Waals surface area contributed by atoms with Gasteiger partial charge in [-0.15, -0.1) is 0 Å². The Bertz CT molecular complexity index is 1870. The number of nitrogens with zero attached hydrogens (tertiary/aromatic N) is 3. The minimum Gasteiger partial charge on any atom is -0.480 e. The molecule has 0 aromatic rings. The Kier molecular flexibility index (Phi) is 33.2. The van der Waals surface area contributed by atoms with Crippen LogP contribution in [-0.2, 0) is 38.4 Å². The number of carbonyl (C=O) groups excluding carboxylic acids is 7. The minimum absolute atomic E-state index is 0.00928. The standard InChI is InChI=1S/C46H90N18O10/c1-24(2)21-32(61-38(68)30(15-11-19-56-45(51)52)58-36(66)28(48)13-10-18-55-44(49)50)40(70)60-31(16-12-20-57-46(53)54)37(67)59-29(14-8-9-17-47)39(69)64-35(27(7)65)42(72)62-33(22-25(3)4)41(71)63-34(43(73)74)23-26(5)6/h24-35,65H,8-23,47-48H2,1-7H3,(H,58,66)(H,59,67)(H,60,70)(H,61,68)(H,62,72)(H,63,71)(H,64,69)(H,73,74)(H4,49,50,55)(H4,51,52,56)(H4,53,54,57)/t27-,28+,29+,30+,31+,32+,33+,34+,35+/m1/s1. The van der Waals surface area contributed by atoms with Gasteiger partial charge in [-0.1, -0.05) is 41.5 Å². The Morgan fingerprint density at radius 1 is 0.419 bits per heavy atom. The molecule has 0 rings (SSSR count). The smallest absolute Gasteiger partial charge is 0.326 e. The van der Waals surface area contributed by atoms with E-state index in [1.807, 2.05) is 0 Å². The zero-order valence-electron chi connectivity index (χ0n) is 44.4. The number of aliphatic imine (C=N–C) groups is 3. The molecule has 0 fully saturated rings. The highest BCUT2D eigenvalue weighted by atomic mass is 16.4. The van der Waals surface area contributed by atoms with Crippen LogP contribution in [-0.4, -0.2) is 156 Å². The van der Waals surface area contributed by atoms with Crippen molar-refractivity contribution in [3.8, 4) is 0 Å². The maximum absolute atomic E-state index is 14.3. The summed E-state index contributed by atoms with van der Waals surface area (Å²) in [5.74, 6) is -7.88. The van der Waals surface area contributed by atoms with Gasteiger partial charge in [0.1, 0.15) is 42.3 Å². The van der Waals surface area contributed by atoms with Gasteiger partial charge in [0.15, 0.2) is 17.9 Å². The first kappa shape index (κ1) is 67.5. The predicted molar refractivity (Wildman–Crippen MR) is 282 cm³/mol. The van der Waals surface area contributed by atoms with E-state index in [0.717, 1.165) is 0 Å². The maximum Gasteiger partial charge on any atom is 0.326 e. The van der Waals surface area contributed by atoms with Crippen LogP contribution in [0.15, 0.2) is 15.0 Å². The van der Waals surface area contributed by atoms with Crippen LogP contribution in [0, 0.1) is 17.8 Å². The fourth-order valence-corrected chi connectivity index (χ4v) is 7.34. The number of amides is 7. The lowest BCUT2D eigenvalue weighted by molar-refractivity contribution is -0.143. The molecule has 0 aliphatic heterocycles. The second-order valence-electron chi connectivity index (χ2n) is 19.6. The molecule has 28 nitrogen and oxygen atoms in total. The van der Waals surface area contributed by atoms with Crippen molar-refractivity contribution in [2.45, 2.75) is 180 Å². The van der Waals surface area contributed by atoms with Gasteiger partial charge in [0.05, 0.1) is 12.1 Å². The lowest BCUT2D eigenvalue weighted by Gasteiger charge is -2.29. The average molecular weight is 1060 g/mol. The molecule has 9 atom stereocenters. The number of guanidine groups is 3. The molecule has 0 radical (unpaired) electrons. The van der Waals surface area contributed by atoms with Gasteiger partial charge < -0.3 is 93.3 Å². The van der Waals surface area contributed by atoms with Crippen molar-refractivity contribution in [3.63, 3.8) is 0 Å². The van der Waals surface area contributed by atoms with E-state index < -0.39 is 102 Å². The zero-order chi connectivity index (χ0) is 56.7. The summed E-state index contributed by atoms with van der Waals surface area (Å²) in [5.41, 5.74) is 44.6. The van der Waals surface area contributed by atoms with Crippen LogP contribution >= 0.6 is 0 Å². The SMILES string of the molecule is CC(C)C[C@H](NC(=O)[C@H](CC(C)C)NC(=O)[C@@H](NC(=O)[C@H](CCCCN)NC(=O)[C@H](CCCN=C(N)N)NC(=O)[C@H](CC(C)C)NC(=O)[C@H](CCCN=C(N)N)NC(=O)[C@@H](N)CCCN=C(N)N)[C@@H](C)O)C(=O)O. The Morgan fingerprint density at radius 3 is 1.09 bits per heavy atom. The third-order valence-corrected chi connectivity index (χ3v) is 11.1. The monoisotopic (exact) mass is 1050 g/mol. The molecule has 0 saturated carbocycles. The van der Waals surface area contributed by atoms with E-state index in [1.165, 1.54) is 6.92 Å². The number of aliphatic hydroxyl groups is 1. The number of carboxylic acids is 1. The summed E-state index contributed by atoms with van der Waals surface area (Å²) in [6, 6.07) is -10.4. The number of nitrogens with two attached hydrogens (primary N) is 8. The molecule has 0 saturated heterocycles. The second kappa shape index (κ2) is 36.4. The predicted octanol–water partition coefficient (Wildman–Crippen LogP) is -4.40. The molecule has 7 amide bonds. The van der Waals surface area contributed by atoms with E-state index in [0.29, 0.717) is 19.3 Å². The van der Waals surface area contributed by atoms with E-state index in [1.54, 1.807) is 41.5 Å². The largest absolute Gasteiger partial charge is 0.480 e. The molecular weight excluding hydrogens is 965 g/mol. The summed E-state index contributed by atoms with van der Waals surface area (Å²) < 4.78 is 0. The van der Waals surface area contributed by atoms with Gasteiger partial charge >= 0.3 is 5.97 Å². The zero-order valence-corrected chi connectivity index (χ0v) is 44.4. The Morgan fingerprint density at radius 2 is 0.730 bits per heavy atom. The number of unbranched alkanes of at least 4 members (excludes halogenated alkanes) is 1. The van der Waals surface area contributed by atoms with Crippen molar-refractivity contribution in [1.29, 1.82) is 0 Å². The van der Waals surface area contributed by atoms with Gasteiger partial charge in [-0.2, -0.15) is 0 Å². The summed E-state index contributed by atoms with van der Waals surface area (Å²) >= 11 is 0. The Hall–Kier alpha value is -6.55. The summed E-state index contributed by atoms with van der Waals surface area (Å²) in [5, 5.41) is 38.8. The Balaban J connectivity index is 6.81. The van der Waals surface area contributed by atoms with Gasteiger partial charge in [-0.25, -0.2) is 4.79 Å². The van der Waals surface area contributed by atoms with Crippen molar-refractivity contribution < 1.29 is 48.6 Å². The van der Waals surface area contributed by atoms with Crippen LogP contribution in [0.25, 0.3) is 0 Å². The fraction of sp³-hybridized carbons (Fsp3) is 0.761. The number of carbonyl (C=O) groups is 8. The fourth-order valence-electron chi connectivity index (χ4n) is 7.34. The molecule has 0 aliphatic carbocycles. The molecule has 0 heterocycles. The highest BCUT2D eigenvalue weighted by Crippen LogP contribution is 2.13. The summed E-state index contributed by atoms with van der Waals surface area (Å²) in [4.78, 5) is 121. The second-order valence-corrected chi connectivity index (χ2v) is 19.6. The first-order valence-electron chi connectivity index (χ1n) is 25.2. The third kappa shape index (κ3) is 29.8. The number of carboxylic acid groups (broad SMARTS) is 1. The summed E-state index contributed by atoms with van der Waals surface area (Å²) in [6.07, 6.45) is 0.364. The normalized spacial score (nSPS) is 14.8. The lowest BCUT2D eigenvalue weighted by Crippen LogP contribution is -2.61. The van der Waals surface area contributed by atoms with Gasteiger partial charge in [0, 0.05) is 19.6 Å². The number of aliphatic hydroxyl groups excluding tert-OH is 1. The quantitative estimate of drug-likeness (QED) is 0.0158. The van der Waals surface area contributed by atoms with Crippen molar-refractivity contribution in [2.75, 3.05) is 26.2 Å². The number of hydrogen-bond acceptors (Lipinski definition) is 14. The van der Waals surface area contributed by atoms with E-state index in [9.17, 15) is 48.6 Å². The van der Waals surface area contributed by atoms with Gasteiger partial charge in [-0.05, 0) is 108 Å².